The molecule has 1 aliphatic heterocycles. The number of hydrogen-bond acceptors (Lipinski definition) is 5. The molecule has 0 bridgehead atoms. The summed E-state index contributed by atoms with van der Waals surface area (Å²) in [6, 6.07) is 18.3. The number of rotatable bonds is 9. The average Bonchev–Trinajstić information content (AvgIpc) is 3.51. The number of benzene rings is 2. The number of carbonyl (C=O) groups excluding carboxylic acids is 3. The molecule has 3 amide bonds. The summed E-state index contributed by atoms with van der Waals surface area (Å²) in [7, 11) is 1.60. The van der Waals surface area contributed by atoms with Crippen LogP contribution in [-0.2, 0) is 22.7 Å². The molecule has 8 nitrogen and oxygen atoms in total. The second-order valence-corrected chi connectivity index (χ2v) is 8.24. The van der Waals surface area contributed by atoms with E-state index in [2.05, 4.69) is 10.6 Å². The Morgan fingerprint density at radius 1 is 1.03 bits per heavy atom. The minimum absolute atomic E-state index is 0.133. The Bertz CT molecular complexity index is 1120. The van der Waals surface area contributed by atoms with Gasteiger partial charge in [0.2, 0.25) is 11.8 Å². The second-order valence-electron chi connectivity index (χ2n) is 8.24. The largest absolute Gasteiger partial charge is 0.468 e. The molecule has 2 heterocycles. The maximum absolute atomic E-state index is 12.8. The zero-order valence-corrected chi connectivity index (χ0v) is 19.1. The molecule has 176 valence electrons. The van der Waals surface area contributed by atoms with E-state index in [1.165, 1.54) is 0 Å². The number of hydrogen-bond donors (Lipinski definition) is 2. The molecule has 2 aromatic carbocycles. The van der Waals surface area contributed by atoms with E-state index in [4.69, 9.17) is 4.42 Å². The van der Waals surface area contributed by atoms with Crippen LogP contribution in [0.4, 0.5) is 11.4 Å². The lowest BCUT2D eigenvalue weighted by Crippen LogP contribution is -2.32. The van der Waals surface area contributed by atoms with Crippen LogP contribution < -0.4 is 15.5 Å². The molecule has 0 radical (unpaired) electrons. The Morgan fingerprint density at radius 2 is 1.79 bits per heavy atom. The SMILES string of the molecule is CNC(=O)c1ccc(CN(CC(=O)Nc2ccc(N3CCCC3=O)cc2)Cc2ccco2)cc1. The Balaban J connectivity index is 1.39. The number of amides is 3. The molecule has 34 heavy (non-hydrogen) atoms. The van der Waals surface area contributed by atoms with Crippen molar-refractivity contribution in [2.45, 2.75) is 25.9 Å². The number of nitrogens with one attached hydrogen (secondary N) is 2. The zero-order chi connectivity index (χ0) is 23.9. The predicted molar refractivity (Wildman–Crippen MR) is 129 cm³/mol. The van der Waals surface area contributed by atoms with Crippen LogP contribution in [0.15, 0.2) is 71.3 Å². The molecule has 3 aromatic rings. The van der Waals surface area contributed by atoms with E-state index in [0.717, 1.165) is 30.0 Å². The molecule has 1 fully saturated rings. The summed E-state index contributed by atoms with van der Waals surface area (Å²) in [6.45, 7) is 1.87. The molecule has 0 saturated carbocycles. The number of furan rings is 1. The smallest absolute Gasteiger partial charge is 0.251 e. The van der Waals surface area contributed by atoms with E-state index in [9.17, 15) is 14.4 Å². The summed E-state index contributed by atoms with van der Waals surface area (Å²) in [6.07, 6.45) is 3.06. The molecule has 1 aromatic heterocycles. The van der Waals surface area contributed by atoms with Gasteiger partial charge < -0.3 is 20.0 Å². The van der Waals surface area contributed by atoms with Crippen molar-refractivity contribution in [3.8, 4) is 0 Å². The lowest BCUT2D eigenvalue weighted by atomic mass is 10.1. The molecule has 0 unspecified atom stereocenters. The van der Waals surface area contributed by atoms with Crippen LogP contribution in [0.1, 0.15) is 34.5 Å². The van der Waals surface area contributed by atoms with Gasteiger partial charge >= 0.3 is 0 Å². The molecule has 0 aliphatic carbocycles. The highest BCUT2D eigenvalue weighted by Crippen LogP contribution is 2.23. The highest BCUT2D eigenvalue weighted by molar-refractivity contribution is 5.96. The summed E-state index contributed by atoms with van der Waals surface area (Å²) in [5.41, 5.74) is 3.08. The summed E-state index contributed by atoms with van der Waals surface area (Å²) in [4.78, 5) is 40.3. The third-order valence-corrected chi connectivity index (χ3v) is 5.71. The molecular formula is C26H28N4O4. The van der Waals surface area contributed by atoms with Gasteiger partial charge in [0.05, 0.1) is 19.4 Å². The lowest BCUT2D eigenvalue weighted by molar-refractivity contribution is -0.118. The van der Waals surface area contributed by atoms with E-state index in [0.29, 0.717) is 30.8 Å². The highest BCUT2D eigenvalue weighted by Gasteiger charge is 2.21. The third-order valence-electron chi connectivity index (χ3n) is 5.71. The fraction of sp³-hybridized carbons (Fsp3) is 0.269. The van der Waals surface area contributed by atoms with Crippen LogP contribution in [0.5, 0.6) is 0 Å². The van der Waals surface area contributed by atoms with Crippen molar-refractivity contribution < 1.29 is 18.8 Å². The normalized spacial score (nSPS) is 13.4. The summed E-state index contributed by atoms with van der Waals surface area (Å²) in [5.74, 6) is 0.597. The van der Waals surface area contributed by atoms with Crippen molar-refractivity contribution in [1.29, 1.82) is 0 Å². The van der Waals surface area contributed by atoms with Crippen LogP contribution in [0.3, 0.4) is 0 Å². The first kappa shape index (κ1) is 23.3. The number of nitrogens with zero attached hydrogens (tertiary/aromatic N) is 2. The van der Waals surface area contributed by atoms with Gasteiger partial charge in [0.25, 0.3) is 5.91 Å². The fourth-order valence-electron chi connectivity index (χ4n) is 4.00. The average molecular weight is 461 g/mol. The van der Waals surface area contributed by atoms with Crippen LogP contribution >= 0.6 is 0 Å². The van der Waals surface area contributed by atoms with E-state index >= 15 is 0 Å². The van der Waals surface area contributed by atoms with E-state index in [1.54, 1.807) is 30.3 Å². The van der Waals surface area contributed by atoms with Gasteiger partial charge in [0, 0.05) is 43.5 Å². The number of anilines is 2. The molecule has 0 atom stereocenters. The van der Waals surface area contributed by atoms with Gasteiger partial charge in [0.1, 0.15) is 5.76 Å². The van der Waals surface area contributed by atoms with Crippen molar-refractivity contribution in [3.63, 3.8) is 0 Å². The van der Waals surface area contributed by atoms with E-state index in [-0.39, 0.29) is 24.3 Å². The van der Waals surface area contributed by atoms with Gasteiger partial charge in [-0.25, -0.2) is 0 Å². The van der Waals surface area contributed by atoms with Crippen molar-refractivity contribution in [3.05, 3.63) is 83.8 Å². The summed E-state index contributed by atoms with van der Waals surface area (Å²) in [5, 5.41) is 5.54. The first-order valence-corrected chi connectivity index (χ1v) is 11.3. The van der Waals surface area contributed by atoms with Gasteiger partial charge in [-0.1, -0.05) is 12.1 Å². The van der Waals surface area contributed by atoms with Crippen molar-refractivity contribution >= 4 is 29.1 Å². The quantitative estimate of drug-likeness (QED) is 0.510. The highest BCUT2D eigenvalue weighted by atomic mass is 16.3. The zero-order valence-electron chi connectivity index (χ0n) is 19.1. The lowest BCUT2D eigenvalue weighted by Gasteiger charge is -2.21. The topological polar surface area (TPSA) is 94.9 Å². The van der Waals surface area contributed by atoms with Crippen LogP contribution in [0.2, 0.25) is 0 Å². The molecule has 1 saturated heterocycles. The predicted octanol–water partition coefficient (Wildman–Crippen LogP) is 3.41. The molecule has 4 rings (SSSR count). The van der Waals surface area contributed by atoms with E-state index in [1.807, 2.05) is 53.4 Å². The van der Waals surface area contributed by atoms with Gasteiger partial charge in [0.15, 0.2) is 0 Å². The second kappa shape index (κ2) is 10.8. The monoisotopic (exact) mass is 460 g/mol. The summed E-state index contributed by atoms with van der Waals surface area (Å²) < 4.78 is 5.48. The van der Waals surface area contributed by atoms with Crippen molar-refractivity contribution in [1.82, 2.24) is 10.2 Å². The Hall–Kier alpha value is -3.91. The van der Waals surface area contributed by atoms with Gasteiger partial charge in [-0.3, -0.25) is 19.3 Å². The van der Waals surface area contributed by atoms with Crippen LogP contribution in [0, 0.1) is 0 Å². The Kier molecular flexibility index (Phi) is 7.39. The van der Waals surface area contributed by atoms with Gasteiger partial charge in [-0.2, -0.15) is 0 Å². The maximum atomic E-state index is 12.8. The van der Waals surface area contributed by atoms with Gasteiger partial charge in [-0.05, 0) is 60.5 Å². The van der Waals surface area contributed by atoms with E-state index < -0.39 is 0 Å². The molecule has 8 heteroatoms. The Labute approximate surface area is 198 Å². The minimum Gasteiger partial charge on any atom is -0.468 e. The maximum Gasteiger partial charge on any atom is 0.251 e. The van der Waals surface area contributed by atoms with Crippen LogP contribution in [0.25, 0.3) is 0 Å². The number of carbonyl (C=O) groups is 3. The molecule has 1 aliphatic rings. The molecular weight excluding hydrogens is 432 g/mol. The van der Waals surface area contributed by atoms with Gasteiger partial charge in [-0.15, -0.1) is 0 Å². The standard InChI is InChI=1S/C26H28N4O4/c1-27-26(33)20-8-6-19(7-9-20)16-29(17-23-4-3-15-34-23)18-24(31)28-21-10-12-22(13-11-21)30-14-2-5-25(30)32/h3-4,6-13,15H,2,5,14,16-18H2,1H3,(H,27,33)(H,28,31). The fourth-order valence-corrected chi connectivity index (χ4v) is 4.00. The third kappa shape index (κ3) is 5.90. The van der Waals surface area contributed by atoms with Crippen LogP contribution in [-0.4, -0.2) is 42.8 Å². The molecule has 0 spiro atoms. The van der Waals surface area contributed by atoms with Crippen molar-refractivity contribution in [2.75, 3.05) is 30.4 Å². The minimum atomic E-state index is -0.154. The Morgan fingerprint density at radius 3 is 2.41 bits per heavy atom. The summed E-state index contributed by atoms with van der Waals surface area (Å²) >= 11 is 0. The first-order chi connectivity index (χ1) is 16.5. The molecule has 2 N–H and O–H groups in total. The van der Waals surface area contributed by atoms with Crippen molar-refractivity contribution in [2.24, 2.45) is 0 Å². The first-order valence-electron chi connectivity index (χ1n) is 11.3.